The lowest BCUT2D eigenvalue weighted by Crippen LogP contribution is -2.24. The molecule has 0 saturated carbocycles. The Bertz CT molecular complexity index is 691. The molecule has 0 saturated heterocycles. The van der Waals surface area contributed by atoms with Crippen LogP contribution in [0.4, 0.5) is 10.1 Å². The van der Waals surface area contributed by atoms with E-state index in [-0.39, 0.29) is 12.3 Å². The zero-order chi connectivity index (χ0) is 16.7. The number of amides is 1. The maximum Gasteiger partial charge on any atom is 0.344 e. The zero-order valence-corrected chi connectivity index (χ0v) is 12.7. The van der Waals surface area contributed by atoms with E-state index in [4.69, 9.17) is 21.1 Å². The van der Waals surface area contributed by atoms with Crippen molar-refractivity contribution in [1.29, 1.82) is 0 Å². The summed E-state index contributed by atoms with van der Waals surface area (Å²) in [6, 6.07) is 12.1. The van der Waals surface area contributed by atoms with Gasteiger partial charge in [0.2, 0.25) is 0 Å². The van der Waals surface area contributed by atoms with Crippen LogP contribution in [-0.2, 0) is 14.3 Å². The largest absolute Gasteiger partial charge is 0.482 e. The standard InChI is InChI=1S/C16H13ClFNO4/c17-11-5-7-12(8-6-11)22-10-16(21)23-9-15(20)19-14-4-2-1-3-13(14)18/h1-8H,9-10H2,(H,19,20). The molecular formula is C16H13ClFNO4. The minimum absolute atomic E-state index is 0.0194. The number of hydrogen-bond acceptors (Lipinski definition) is 4. The molecule has 0 spiro atoms. The molecule has 0 aromatic heterocycles. The molecule has 0 aliphatic heterocycles. The molecule has 0 aliphatic rings. The SMILES string of the molecule is O=C(COC(=O)COc1ccc(Cl)cc1)Nc1ccccc1F. The monoisotopic (exact) mass is 337 g/mol. The molecule has 0 radical (unpaired) electrons. The van der Waals surface area contributed by atoms with Gasteiger partial charge >= 0.3 is 5.97 Å². The van der Waals surface area contributed by atoms with Gasteiger partial charge in [0.1, 0.15) is 11.6 Å². The van der Waals surface area contributed by atoms with E-state index in [1.54, 1.807) is 30.3 Å². The Morgan fingerprint density at radius 2 is 1.74 bits per heavy atom. The molecule has 5 nitrogen and oxygen atoms in total. The van der Waals surface area contributed by atoms with Crippen LogP contribution in [0.5, 0.6) is 5.75 Å². The fraction of sp³-hybridized carbons (Fsp3) is 0.125. The van der Waals surface area contributed by atoms with Crippen LogP contribution in [0.3, 0.4) is 0 Å². The molecule has 0 aliphatic carbocycles. The highest BCUT2D eigenvalue weighted by atomic mass is 35.5. The number of carbonyl (C=O) groups excluding carboxylic acids is 2. The summed E-state index contributed by atoms with van der Waals surface area (Å²) in [4.78, 5) is 23.1. The van der Waals surface area contributed by atoms with Gasteiger partial charge in [-0.25, -0.2) is 9.18 Å². The lowest BCUT2D eigenvalue weighted by atomic mass is 10.3. The maximum atomic E-state index is 13.3. The van der Waals surface area contributed by atoms with Gasteiger partial charge in [-0.1, -0.05) is 23.7 Å². The Hall–Kier alpha value is -2.60. The number of rotatable bonds is 6. The molecule has 0 atom stereocenters. The van der Waals surface area contributed by atoms with E-state index in [9.17, 15) is 14.0 Å². The van der Waals surface area contributed by atoms with E-state index in [1.807, 2.05) is 0 Å². The number of carbonyl (C=O) groups is 2. The summed E-state index contributed by atoms with van der Waals surface area (Å²) in [5.74, 6) is -1.49. The van der Waals surface area contributed by atoms with Crippen molar-refractivity contribution in [3.63, 3.8) is 0 Å². The maximum absolute atomic E-state index is 13.3. The summed E-state index contributed by atoms with van der Waals surface area (Å²) in [6.07, 6.45) is 0. The van der Waals surface area contributed by atoms with E-state index in [0.717, 1.165) is 0 Å². The number of anilines is 1. The van der Waals surface area contributed by atoms with Crippen molar-refractivity contribution in [3.05, 3.63) is 59.4 Å². The first-order valence-corrected chi connectivity index (χ1v) is 7.01. The van der Waals surface area contributed by atoms with Gasteiger partial charge in [0.25, 0.3) is 5.91 Å². The van der Waals surface area contributed by atoms with E-state index in [0.29, 0.717) is 10.8 Å². The van der Waals surface area contributed by atoms with Crippen LogP contribution in [0.2, 0.25) is 5.02 Å². The van der Waals surface area contributed by atoms with Gasteiger partial charge in [-0.05, 0) is 36.4 Å². The van der Waals surface area contributed by atoms with E-state index in [1.165, 1.54) is 18.2 Å². The second-order valence-corrected chi connectivity index (χ2v) is 4.87. The van der Waals surface area contributed by atoms with Crippen molar-refractivity contribution >= 4 is 29.2 Å². The zero-order valence-electron chi connectivity index (χ0n) is 11.9. The molecule has 0 fully saturated rings. The highest BCUT2D eigenvalue weighted by Gasteiger charge is 2.10. The first kappa shape index (κ1) is 16.8. The van der Waals surface area contributed by atoms with Crippen LogP contribution in [0, 0.1) is 5.82 Å². The van der Waals surface area contributed by atoms with Crippen LogP contribution in [0.15, 0.2) is 48.5 Å². The van der Waals surface area contributed by atoms with Crippen molar-refractivity contribution in [3.8, 4) is 5.75 Å². The number of esters is 1. The van der Waals surface area contributed by atoms with E-state index in [2.05, 4.69) is 5.32 Å². The molecule has 0 heterocycles. The van der Waals surface area contributed by atoms with Gasteiger partial charge in [0, 0.05) is 5.02 Å². The van der Waals surface area contributed by atoms with Crippen molar-refractivity contribution < 1.29 is 23.5 Å². The molecule has 0 unspecified atom stereocenters. The number of benzene rings is 2. The number of ether oxygens (including phenoxy) is 2. The van der Waals surface area contributed by atoms with Crippen LogP contribution in [-0.4, -0.2) is 25.1 Å². The number of hydrogen-bond donors (Lipinski definition) is 1. The molecule has 1 N–H and O–H groups in total. The average Bonchev–Trinajstić information content (AvgIpc) is 2.54. The van der Waals surface area contributed by atoms with Gasteiger partial charge in [0.15, 0.2) is 13.2 Å². The number of para-hydroxylation sites is 1. The Balaban J connectivity index is 1.72. The van der Waals surface area contributed by atoms with Gasteiger partial charge < -0.3 is 14.8 Å². The third-order valence-corrected chi connectivity index (χ3v) is 2.93. The molecule has 2 aromatic carbocycles. The summed E-state index contributed by atoms with van der Waals surface area (Å²) in [6.45, 7) is -0.883. The minimum Gasteiger partial charge on any atom is -0.482 e. The van der Waals surface area contributed by atoms with Crippen molar-refractivity contribution in [1.82, 2.24) is 0 Å². The third kappa shape index (κ3) is 5.60. The van der Waals surface area contributed by atoms with Crippen LogP contribution < -0.4 is 10.1 Å². The van der Waals surface area contributed by atoms with E-state index >= 15 is 0 Å². The van der Waals surface area contributed by atoms with E-state index < -0.39 is 24.3 Å². The Labute approximate surface area is 137 Å². The van der Waals surface area contributed by atoms with Crippen LogP contribution in [0.1, 0.15) is 0 Å². The average molecular weight is 338 g/mol. The first-order chi connectivity index (χ1) is 11.0. The summed E-state index contributed by atoms with van der Waals surface area (Å²) >= 11 is 5.72. The second-order valence-electron chi connectivity index (χ2n) is 4.43. The highest BCUT2D eigenvalue weighted by Crippen LogP contribution is 2.15. The second kappa shape index (κ2) is 8.14. The number of nitrogens with one attached hydrogen (secondary N) is 1. The van der Waals surface area contributed by atoms with Crippen LogP contribution in [0.25, 0.3) is 0 Å². The fourth-order valence-corrected chi connectivity index (χ4v) is 1.74. The summed E-state index contributed by atoms with van der Waals surface area (Å²) in [5, 5.41) is 2.85. The predicted octanol–water partition coefficient (Wildman–Crippen LogP) is 3.04. The smallest absolute Gasteiger partial charge is 0.344 e. The summed E-state index contributed by atoms with van der Waals surface area (Å²) in [5.41, 5.74) is 0.0194. The first-order valence-electron chi connectivity index (χ1n) is 6.63. The molecule has 1 amide bonds. The molecule has 2 rings (SSSR count). The molecule has 0 bridgehead atoms. The van der Waals surface area contributed by atoms with Crippen molar-refractivity contribution in [2.45, 2.75) is 0 Å². The Morgan fingerprint density at radius 3 is 2.43 bits per heavy atom. The lowest BCUT2D eigenvalue weighted by molar-refractivity contribution is -0.149. The van der Waals surface area contributed by atoms with Crippen molar-refractivity contribution in [2.75, 3.05) is 18.5 Å². The lowest BCUT2D eigenvalue weighted by Gasteiger charge is -2.08. The van der Waals surface area contributed by atoms with Gasteiger partial charge in [-0.2, -0.15) is 0 Å². The summed E-state index contributed by atoms with van der Waals surface area (Å²) in [7, 11) is 0. The highest BCUT2D eigenvalue weighted by molar-refractivity contribution is 6.30. The topological polar surface area (TPSA) is 64.6 Å². The quantitative estimate of drug-likeness (QED) is 0.823. The summed E-state index contributed by atoms with van der Waals surface area (Å²) < 4.78 is 23.2. The van der Waals surface area contributed by atoms with Crippen LogP contribution >= 0.6 is 11.6 Å². The van der Waals surface area contributed by atoms with Crippen molar-refractivity contribution in [2.24, 2.45) is 0 Å². The Morgan fingerprint density at radius 1 is 1.04 bits per heavy atom. The Kier molecular flexibility index (Phi) is 5.94. The van der Waals surface area contributed by atoms with Gasteiger partial charge in [0.05, 0.1) is 5.69 Å². The molecule has 2 aromatic rings. The number of halogens is 2. The third-order valence-electron chi connectivity index (χ3n) is 2.68. The minimum atomic E-state index is -0.719. The predicted molar refractivity (Wildman–Crippen MR) is 82.9 cm³/mol. The molecular weight excluding hydrogens is 325 g/mol. The van der Waals surface area contributed by atoms with Gasteiger partial charge in [-0.3, -0.25) is 4.79 Å². The molecule has 23 heavy (non-hydrogen) atoms. The normalized spacial score (nSPS) is 10.0. The van der Waals surface area contributed by atoms with Gasteiger partial charge in [-0.15, -0.1) is 0 Å². The molecule has 7 heteroatoms. The fourth-order valence-electron chi connectivity index (χ4n) is 1.61. The molecule has 120 valence electrons.